The Kier molecular flexibility index (Phi) is 6.75. The highest BCUT2D eigenvalue weighted by Gasteiger charge is 2.36. The monoisotopic (exact) mass is 569 g/mol. The van der Waals surface area contributed by atoms with Crippen LogP contribution in [0.5, 0.6) is 17.2 Å². The summed E-state index contributed by atoms with van der Waals surface area (Å²) in [7, 11) is 6.26. The highest BCUT2D eigenvalue weighted by atomic mass is 19.4. The fraction of sp³-hybridized carbons (Fsp3) is 0.345. The molecule has 1 amide bonds. The molecule has 0 radical (unpaired) electrons. The van der Waals surface area contributed by atoms with Crippen LogP contribution in [0.2, 0.25) is 0 Å². The molecule has 0 saturated heterocycles. The molecule has 5 rings (SSSR count). The smallest absolute Gasteiger partial charge is 0.416 e. The number of methoxy groups -OCH3 is 2. The van der Waals surface area contributed by atoms with Gasteiger partial charge in [0.15, 0.2) is 5.69 Å². The molecule has 2 aromatic carbocycles. The van der Waals surface area contributed by atoms with E-state index in [-0.39, 0.29) is 23.7 Å². The number of carbonyl (C=O) groups excluding carboxylic acids is 1. The average Bonchev–Trinajstić information content (AvgIpc) is 3.54. The van der Waals surface area contributed by atoms with Crippen LogP contribution in [0, 0.1) is 0 Å². The van der Waals surface area contributed by atoms with Gasteiger partial charge in [0.25, 0.3) is 5.91 Å². The summed E-state index contributed by atoms with van der Waals surface area (Å²) < 4.78 is 61.6. The predicted molar refractivity (Wildman–Crippen MR) is 145 cm³/mol. The van der Waals surface area contributed by atoms with Crippen LogP contribution < -0.4 is 14.2 Å². The van der Waals surface area contributed by atoms with Crippen LogP contribution in [0.1, 0.15) is 42.4 Å². The van der Waals surface area contributed by atoms with Gasteiger partial charge in [-0.1, -0.05) is 0 Å². The van der Waals surface area contributed by atoms with E-state index in [1.807, 2.05) is 26.8 Å². The zero-order valence-corrected chi connectivity index (χ0v) is 23.8. The number of hydrogen-bond donors (Lipinski definition) is 0. The van der Waals surface area contributed by atoms with Crippen molar-refractivity contribution >= 4 is 5.91 Å². The Morgan fingerprint density at radius 2 is 1.76 bits per heavy atom. The summed E-state index contributed by atoms with van der Waals surface area (Å²) >= 11 is 0. The molecule has 2 aromatic heterocycles. The maximum Gasteiger partial charge on any atom is 0.416 e. The molecule has 41 heavy (non-hydrogen) atoms. The van der Waals surface area contributed by atoms with Gasteiger partial charge in [0.2, 0.25) is 0 Å². The minimum Gasteiger partial charge on any atom is -0.497 e. The molecule has 0 N–H and O–H groups in total. The highest BCUT2D eigenvalue weighted by Crippen LogP contribution is 2.46. The molecular weight excluding hydrogens is 539 g/mol. The van der Waals surface area contributed by atoms with Gasteiger partial charge < -0.3 is 19.1 Å². The zero-order valence-electron chi connectivity index (χ0n) is 23.8. The Morgan fingerprint density at radius 3 is 2.34 bits per heavy atom. The van der Waals surface area contributed by atoms with E-state index in [2.05, 4.69) is 10.2 Å². The molecule has 0 aliphatic carbocycles. The molecule has 4 aromatic rings. The van der Waals surface area contributed by atoms with E-state index >= 15 is 0 Å². The van der Waals surface area contributed by atoms with Gasteiger partial charge in [-0.05, 0) is 45.0 Å². The number of aryl methyl sites for hydroxylation is 1. The molecule has 0 spiro atoms. The Morgan fingerprint density at radius 1 is 1.02 bits per heavy atom. The molecule has 0 bridgehead atoms. The Hall–Kier alpha value is -4.48. The van der Waals surface area contributed by atoms with Crippen LogP contribution >= 0.6 is 0 Å². The average molecular weight is 570 g/mol. The molecule has 0 atom stereocenters. The third-order valence-electron chi connectivity index (χ3n) is 7.11. The number of fused-ring (bicyclic) bond motifs is 3. The quantitative estimate of drug-likeness (QED) is 0.305. The van der Waals surface area contributed by atoms with Crippen LogP contribution in [0.4, 0.5) is 13.2 Å². The van der Waals surface area contributed by atoms with E-state index in [4.69, 9.17) is 14.2 Å². The first-order valence-electron chi connectivity index (χ1n) is 12.7. The number of halogens is 3. The van der Waals surface area contributed by atoms with Crippen molar-refractivity contribution in [3.05, 3.63) is 59.4 Å². The van der Waals surface area contributed by atoms with Crippen LogP contribution in [-0.2, 0) is 19.8 Å². The molecule has 216 valence electrons. The van der Waals surface area contributed by atoms with Crippen molar-refractivity contribution in [2.24, 2.45) is 7.05 Å². The number of ether oxygens (including phenoxy) is 3. The molecule has 1 aliphatic rings. The molecule has 1 aliphatic heterocycles. The molecule has 0 saturated carbocycles. The van der Waals surface area contributed by atoms with Gasteiger partial charge in [0.05, 0.1) is 36.9 Å². The van der Waals surface area contributed by atoms with Crippen molar-refractivity contribution in [2.45, 2.75) is 39.1 Å². The summed E-state index contributed by atoms with van der Waals surface area (Å²) in [5, 5.41) is 9.11. The van der Waals surface area contributed by atoms with Crippen molar-refractivity contribution in [3.8, 4) is 45.5 Å². The molecule has 3 heterocycles. The SMILES string of the molecule is COc1cc(-n2nc(C(=O)N(C)C(C)(C)C)c3c2-c2cc(-c4ccn(C)n4)c(OC)cc2OC3)cc(C(F)(F)F)c1. The largest absolute Gasteiger partial charge is 0.497 e. The van der Waals surface area contributed by atoms with E-state index in [1.54, 1.807) is 37.1 Å². The molecular formula is C29H30F3N5O4. The second-order valence-corrected chi connectivity index (χ2v) is 10.8. The van der Waals surface area contributed by atoms with Gasteiger partial charge in [-0.3, -0.25) is 9.48 Å². The summed E-state index contributed by atoms with van der Waals surface area (Å²) in [6.07, 6.45) is -2.85. The second kappa shape index (κ2) is 9.86. The lowest BCUT2D eigenvalue weighted by atomic mass is 9.97. The first-order chi connectivity index (χ1) is 19.2. The number of nitrogens with zero attached hydrogens (tertiary/aromatic N) is 5. The van der Waals surface area contributed by atoms with Crippen molar-refractivity contribution in [3.63, 3.8) is 0 Å². The second-order valence-electron chi connectivity index (χ2n) is 10.8. The molecule has 12 heteroatoms. The number of benzene rings is 2. The predicted octanol–water partition coefficient (Wildman–Crippen LogP) is 5.74. The lowest BCUT2D eigenvalue weighted by Gasteiger charge is -2.31. The summed E-state index contributed by atoms with van der Waals surface area (Å²) in [5.74, 6) is 0.533. The Labute approximate surface area is 235 Å². The lowest BCUT2D eigenvalue weighted by Crippen LogP contribution is -2.43. The number of alkyl halides is 3. The Bertz CT molecular complexity index is 1650. The van der Waals surface area contributed by atoms with Crippen LogP contribution in [0.25, 0.3) is 28.2 Å². The molecule has 0 unspecified atom stereocenters. The summed E-state index contributed by atoms with van der Waals surface area (Å²) in [6.45, 7) is 5.61. The number of aromatic nitrogens is 4. The zero-order chi connectivity index (χ0) is 29.9. The number of rotatable bonds is 5. The summed E-state index contributed by atoms with van der Waals surface area (Å²) in [4.78, 5) is 15.3. The summed E-state index contributed by atoms with van der Waals surface area (Å²) in [5.41, 5.74) is 1.36. The van der Waals surface area contributed by atoms with Gasteiger partial charge in [0, 0.05) is 54.7 Å². The topological polar surface area (TPSA) is 83.6 Å². The highest BCUT2D eigenvalue weighted by molar-refractivity contribution is 5.97. The van der Waals surface area contributed by atoms with E-state index in [1.165, 1.54) is 29.9 Å². The minimum atomic E-state index is -4.64. The van der Waals surface area contributed by atoms with E-state index in [0.717, 1.165) is 12.1 Å². The van der Waals surface area contributed by atoms with E-state index in [9.17, 15) is 18.0 Å². The number of amides is 1. The number of hydrogen-bond acceptors (Lipinski definition) is 6. The molecule has 9 nitrogen and oxygen atoms in total. The Balaban J connectivity index is 1.82. The van der Waals surface area contributed by atoms with Gasteiger partial charge >= 0.3 is 6.18 Å². The van der Waals surface area contributed by atoms with Crippen molar-refractivity contribution < 1.29 is 32.2 Å². The number of carbonyl (C=O) groups is 1. The fourth-order valence-electron chi connectivity index (χ4n) is 4.62. The first-order valence-corrected chi connectivity index (χ1v) is 12.7. The normalized spacial score (nSPS) is 12.8. The van der Waals surface area contributed by atoms with Crippen LogP contribution in [-0.4, -0.2) is 57.2 Å². The van der Waals surface area contributed by atoms with Crippen molar-refractivity contribution in [1.29, 1.82) is 0 Å². The van der Waals surface area contributed by atoms with Crippen LogP contribution in [0.3, 0.4) is 0 Å². The van der Waals surface area contributed by atoms with Crippen LogP contribution in [0.15, 0.2) is 42.6 Å². The molecule has 0 fully saturated rings. The van der Waals surface area contributed by atoms with Gasteiger partial charge in [-0.2, -0.15) is 23.4 Å². The standard InChI is InChI=1S/C29H30F3N5O4/c1-28(2,3)36(5)27(38)25-21-15-41-24-14-23(40-7)19(22-8-9-35(4)33-22)13-20(24)26(21)37(34-25)17-10-16(29(30,31)32)11-18(12-17)39-6/h8-14H,15H2,1-7H3. The van der Waals surface area contributed by atoms with E-state index in [0.29, 0.717) is 39.6 Å². The maximum absolute atomic E-state index is 13.9. The summed E-state index contributed by atoms with van der Waals surface area (Å²) in [6, 6.07) is 8.66. The minimum absolute atomic E-state index is 0.00468. The van der Waals surface area contributed by atoms with Crippen molar-refractivity contribution in [2.75, 3.05) is 21.3 Å². The fourth-order valence-corrected chi connectivity index (χ4v) is 4.62. The van der Waals surface area contributed by atoms with E-state index < -0.39 is 23.2 Å². The maximum atomic E-state index is 13.9. The van der Waals surface area contributed by atoms with Gasteiger partial charge in [-0.25, -0.2) is 4.68 Å². The lowest BCUT2D eigenvalue weighted by molar-refractivity contribution is -0.137. The first kappa shape index (κ1) is 28.1. The van der Waals surface area contributed by atoms with Gasteiger partial charge in [-0.15, -0.1) is 0 Å². The van der Waals surface area contributed by atoms with Gasteiger partial charge in [0.1, 0.15) is 23.9 Å². The third-order valence-corrected chi connectivity index (χ3v) is 7.11. The van der Waals surface area contributed by atoms with Crippen molar-refractivity contribution in [1.82, 2.24) is 24.5 Å². The third kappa shape index (κ3) is 4.98.